The molecule has 0 aliphatic carbocycles. The third-order valence-corrected chi connectivity index (χ3v) is 3.51. The summed E-state index contributed by atoms with van der Waals surface area (Å²) in [6.07, 6.45) is 2.93. The van der Waals surface area contributed by atoms with E-state index in [1.165, 1.54) is 13.0 Å². The van der Waals surface area contributed by atoms with Gasteiger partial charge in [0, 0.05) is 19.6 Å². The van der Waals surface area contributed by atoms with E-state index in [0.717, 1.165) is 35.5 Å². The van der Waals surface area contributed by atoms with Gasteiger partial charge >= 0.3 is 0 Å². The zero-order valence-corrected chi connectivity index (χ0v) is 11.6. The molecule has 0 bridgehead atoms. The van der Waals surface area contributed by atoms with Gasteiger partial charge < -0.3 is 10.2 Å². The van der Waals surface area contributed by atoms with Gasteiger partial charge in [-0.2, -0.15) is 0 Å². The quantitative estimate of drug-likeness (QED) is 0.730. The van der Waals surface area contributed by atoms with Gasteiger partial charge in [0.1, 0.15) is 9.34 Å². The van der Waals surface area contributed by atoms with Gasteiger partial charge in [-0.15, -0.1) is 11.3 Å². The molecule has 92 valence electrons. The Morgan fingerprint density at radius 3 is 2.81 bits per heavy atom. The molecule has 0 fully saturated rings. The molecule has 1 aromatic heterocycles. The van der Waals surface area contributed by atoms with E-state index in [1.54, 1.807) is 17.5 Å². The van der Waals surface area contributed by atoms with Crippen molar-refractivity contribution in [2.75, 3.05) is 26.2 Å². The van der Waals surface area contributed by atoms with Crippen molar-refractivity contribution in [3.05, 3.63) is 15.5 Å². The molecule has 0 saturated carbocycles. The minimum atomic E-state index is 0.762. The minimum Gasteiger partial charge on any atom is -0.309 e. The Morgan fingerprint density at radius 2 is 2.25 bits per heavy atom. The molecule has 0 aliphatic heterocycles. The van der Waals surface area contributed by atoms with Crippen molar-refractivity contribution < 1.29 is 0 Å². The highest BCUT2D eigenvalue weighted by Gasteiger charge is 2.01. The Bertz CT molecular complexity index is 291. The summed E-state index contributed by atoms with van der Waals surface area (Å²) in [6.45, 7) is 9.65. The van der Waals surface area contributed by atoms with E-state index in [1.807, 2.05) is 0 Å². The summed E-state index contributed by atoms with van der Waals surface area (Å²) in [5, 5.41) is 4.44. The average Bonchev–Trinajstić information content (AvgIpc) is 2.69. The molecule has 0 spiro atoms. The number of hydrogen-bond acceptors (Lipinski definition) is 4. The number of aromatic nitrogens is 1. The van der Waals surface area contributed by atoms with Gasteiger partial charge in [0.25, 0.3) is 0 Å². The molecular weight excluding hydrogens is 242 g/mol. The van der Waals surface area contributed by atoms with Crippen LogP contribution in [0, 0.1) is 0 Å². The standard InChI is InChI=1S/C11H20ClN3S/c1-3-6-15(4-2)7-5-13-9-11-14-8-10(12)16-11/h8,13H,3-7,9H2,1-2H3. The molecule has 0 atom stereocenters. The molecule has 3 nitrogen and oxygen atoms in total. The Labute approximate surface area is 107 Å². The zero-order chi connectivity index (χ0) is 11.8. The van der Waals surface area contributed by atoms with Crippen LogP contribution in [0.5, 0.6) is 0 Å². The lowest BCUT2D eigenvalue weighted by molar-refractivity contribution is 0.287. The maximum absolute atomic E-state index is 5.81. The Morgan fingerprint density at radius 1 is 1.44 bits per heavy atom. The SMILES string of the molecule is CCCN(CC)CCNCc1ncc(Cl)s1. The molecule has 1 aromatic rings. The number of thiazole rings is 1. The van der Waals surface area contributed by atoms with E-state index in [4.69, 9.17) is 11.6 Å². The summed E-state index contributed by atoms with van der Waals surface area (Å²) >= 11 is 7.35. The van der Waals surface area contributed by atoms with Crippen LogP contribution in [0.4, 0.5) is 0 Å². The Hall–Kier alpha value is -0.160. The van der Waals surface area contributed by atoms with Gasteiger partial charge in [-0.3, -0.25) is 0 Å². The Kier molecular flexibility index (Phi) is 6.96. The van der Waals surface area contributed by atoms with Crippen molar-refractivity contribution in [1.29, 1.82) is 0 Å². The van der Waals surface area contributed by atoms with Crippen LogP contribution >= 0.6 is 22.9 Å². The number of likely N-dealkylation sites (N-methyl/N-ethyl adjacent to an activating group) is 1. The largest absolute Gasteiger partial charge is 0.309 e. The van der Waals surface area contributed by atoms with Crippen molar-refractivity contribution in [1.82, 2.24) is 15.2 Å². The minimum absolute atomic E-state index is 0.762. The van der Waals surface area contributed by atoms with E-state index < -0.39 is 0 Å². The van der Waals surface area contributed by atoms with E-state index >= 15 is 0 Å². The second kappa shape index (κ2) is 8.01. The number of nitrogens with one attached hydrogen (secondary N) is 1. The van der Waals surface area contributed by atoms with Gasteiger partial charge in [0.2, 0.25) is 0 Å². The summed E-state index contributed by atoms with van der Waals surface area (Å²) in [7, 11) is 0. The van der Waals surface area contributed by atoms with E-state index in [-0.39, 0.29) is 0 Å². The highest BCUT2D eigenvalue weighted by molar-refractivity contribution is 7.15. The molecule has 0 radical (unpaired) electrons. The van der Waals surface area contributed by atoms with Crippen molar-refractivity contribution >= 4 is 22.9 Å². The van der Waals surface area contributed by atoms with Crippen LogP contribution < -0.4 is 5.32 Å². The lowest BCUT2D eigenvalue weighted by Crippen LogP contribution is -2.32. The molecule has 0 unspecified atom stereocenters. The second-order valence-electron chi connectivity index (χ2n) is 3.67. The first-order valence-electron chi connectivity index (χ1n) is 5.79. The summed E-state index contributed by atoms with van der Waals surface area (Å²) in [6, 6.07) is 0. The molecule has 1 heterocycles. The molecule has 16 heavy (non-hydrogen) atoms. The summed E-state index contributed by atoms with van der Waals surface area (Å²) in [4.78, 5) is 6.65. The number of rotatable bonds is 8. The summed E-state index contributed by atoms with van der Waals surface area (Å²) in [5.41, 5.74) is 0. The number of hydrogen-bond donors (Lipinski definition) is 1. The maximum atomic E-state index is 5.81. The van der Waals surface area contributed by atoms with Gasteiger partial charge in [0.15, 0.2) is 0 Å². The van der Waals surface area contributed by atoms with Gasteiger partial charge in [0.05, 0.1) is 6.20 Å². The van der Waals surface area contributed by atoms with Crippen LogP contribution in [0.2, 0.25) is 4.34 Å². The van der Waals surface area contributed by atoms with Gasteiger partial charge in [-0.05, 0) is 19.5 Å². The van der Waals surface area contributed by atoms with Crippen molar-refractivity contribution in [2.24, 2.45) is 0 Å². The molecule has 0 saturated heterocycles. The van der Waals surface area contributed by atoms with Crippen LogP contribution in [-0.4, -0.2) is 36.1 Å². The van der Waals surface area contributed by atoms with Crippen LogP contribution in [-0.2, 0) is 6.54 Å². The molecule has 1 N–H and O–H groups in total. The first-order valence-corrected chi connectivity index (χ1v) is 6.99. The summed E-state index contributed by atoms with van der Waals surface area (Å²) in [5.74, 6) is 0. The van der Waals surface area contributed by atoms with E-state index in [0.29, 0.717) is 0 Å². The fourth-order valence-electron chi connectivity index (χ4n) is 1.55. The molecule has 0 amide bonds. The lowest BCUT2D eigenvalue weighted by Gasteiger charge is -2.19. The fourth-order valence-corrected chi connectivity index (χ4v) is 2.47. The average molecular weight is 262 g/mol. The maximum Gasteiger partial charge on any atom is 0.113 e. The van der Waals surface area contributed by atoms with Crippen molar-refractivity contribution in [3.8, 4) is 0 Å². The Balaban J connectivity index is 2.11. The first kappa shape index (κ1) is 13.9. The van der Waals surface area contributed by atoms with E-state index in [9.17, 15) is 0 Å². The third-order valence-electron chi connectivity index (χ3n) is 2.39. The lowest BCUT2D eigenvalue weighted by atomic mass is 10.4. The third kappa shape index (κ3) is 5.25. The monoisotopic (exact) mass is 261 g/mol. The van der Waals surface area contributed by atoms with Crippen LogP contribution in [0.25, 0.3) is 0 Å². The normalized spacial score (nSPS) is 11.2. The highest BCUT2D eigenvalue weighted by Crippen LogP contribution is 2.17. The van der Waals surface area contributed by atoms with Gasteiger partial charge in [-0.25, -0.2) is 4.98 Å². The zero-order valence-electron chi connectivity index (χ0n) is 10.0. The molecule has 0 aromatic carbocycles. The topological polar surface area (TPSA) is 28.2 Å². The van der Waals surface area contributed by atoms with Crippen LogP contribution in [0.1, 0.15) is 25.3 Å². The molecule has 0 aliphatic rings. The number of nitrogens with zero attached hydrogens (tertiary/aromatic N) is 2. The van der Waals surface area contributed by atoms with Crippen LogP contribution in [0.3, 0.4) is 0 Å². The van der Waals surface area contributed by atoms with Crippen molar-refractivity contribution in [2.45, 2.75) is 26.8 Å². The smallest absolute Gasteiger partial charge is 0.113 e. The van der Waals surface area contributed by atoms with Crippen LogP contribution in [0.15, 0.2) is 6.20 Å². The predicted octanol–water partition coefficient (Wildman–Crippen LogP) is 2.62. The highest BCUT2D eigenvalue weighted by atomic mass is 35.5. The fraction of sp³-hybridized carbons (Fsp3) is 0.727. The molecule has 1 rings (SSSR count). The van der Waals surface area contributed by atoms with Gasteiger partial charge in [-0.1, -0.05) is 25.4 Å². The van der Waals surface area contributed by atoms with E-state index in [2.05, 4.69) is 29.0 Å². The first-order chi connectivity index (χ1) is 7.76. The summed E-state index contributed by atoms with van der Waals surface area (Å²) < 4.78 is 0.762. The molecular formula is C11H20ClN3S. The predicted molar refractivity (Wildman–Crippen MR) is 71.2 cm³/mol. The molecule has 5 heteroatoms. The number of halogens is 1. The van der Waals surface area contributed by atoms with Crippen molar-refractivity contribution in [3.63, 3.8) is 0 Å². The second-order valence-corrected chi connectivity index (χ2v) is 5.42.